The normalized spacial score (nSPS) is 11.9. The van der Waals surface area contributed by atoms with Crippen LogP contribution in [-0.2, 0) is 0 Å². The molecule has 0 heterocycles. The first-order chi connectivity index (χ1) is 8.66. The first kappa shape index (κ1) is 12.7. The molecular weight excluding hydrogens is 246 g/mol. The molecule has 1 atom stereocenters. The number of carbonyl (C=O) groups is 1. The van der Waals surface area contributed by atoms with E-state index in [9.17, 15) is 4.79 Å². The summed E-state index contributed by atoms with van der Waals surface area (Å²) in [5.41, 5.74) is 1.70. The maximum absolute atomic E-state index is 12.0. The summed E-state index contributed by atoms with van der Waals surface area (Å²) in [7, 11) is 0. The highest BCUT2D eigenvalue weighted by Crippen LogP contribution is 2.13. The SMILES string of the molecule is C[C@@H](NC(=O)c1ccc(Cl)cc1)c1ccccc1. The standard InChI is InChI=1S/C15H14ClNO/c1-11(12-5-3-2-4-6-12)17-15(18)13-7-9-14(16)10-8-13/h2-11H,1H3,(H,17,18)/t11-/m1/s1. The van der Waals surface area contributed by atoms with Gasteiger partial charge in [-0.3, -0.25) is 4.79 Å². The van der Waals surface area contributed by atoms with Crippen LogP contribution >= 0.6 is 11.6 Å². The van der Waals surface area contributed by atoms with Gasteiger partial charge in [0.05, 0.1) is 6.04 Å². The van der Waals surface area contributed by atoms with E-state index in [2.05, 4.69) is 5.32 Å². The first-order valence-electron chi connectivity index (χ1n) is 5.78. The zero-order valence-corrected chi connectivity index (χ0v) is 10.8. The Morgan fingerprint density at radius 3 is 2.28 bits per heavy atom. The van der Waals surface area contributed by atoms with Crippen molar-refractivity contribution in [3.63, 3.8) is 0 Å². The van der Waals surface area contributed by atoms with Crippen LogP contribution in [0.3, 0.4) is 0 Å². The molecule has 18 heavy (non-hydrogen) atoms. The number of halogens is 1. The van der Waals surface area contributed by atoms with Gasteiger partial charge in [-0.15, -0.1) is 0 Å². The van der Waals surface area contributed by atoms with E-state index in [4.69, 9.17) is 11.6 Å². The fourth-order valence-corrected chi connectivity index (χ4v) is 1.83. The second kappa shape index (κ2) is 5.69. The van der Waals surface area contributed by atoms with Crippen LogP contribution in [0.15, 0.2) is 54.6 Å². The molecule has 92 valence electrons. The summed E-state index contributed by atoms with van der Waals surface area (Å²) in [5, 5.41) is 3.58. The Kier molecular flexibility index (Phi) is 4.00. The third-order valence-electron chi connectivity index (χ3n) is 2.75. The number of rotatable bonds is 3. The molecule has 0 unspecified atom stereocenters. The Bertz CT molecular complexity index is 522. The topological polar surface area (TPSA) is 29.1 Å². The van der Waals surface area contributed by atoms with Crippen LogP contribution in [0.2, 0.25) is 5.02 Å². The number of hydrogen-bond donors (Lipinski definition) is 1. The van der Waals surface area contributed by atoms with Gasteiger partial charge in [-0.2, -0.15) is 0 Å². The van der Waals surface area contributed by atoms with Crippen molar-refractivity contribution in [2.75, 3.05) is 0 Å². The third kappa shape index (κ3) is 3.11. The molecule has 2 aromatic carbocycles. The van der Waals surface area contributed by atoms with Gasteiger partial charge in [-0.05, 0) is 36.8 Å². The molecule has 2 rings (SSSR count). The maximum atomic E-state index is 12.0. The Labute approximate surface area is 112 Å². The summed E-state index contributed by atoms with van der Waals surface area (Å²) >= 11 is 5.79. The van der Waals surface area contributed by atoms with Gasteiger partial charge >= 0.3 is 0 Å². The fourth-order valence-electron chi connectivity index (χ4n) is 1.71. The molecule has 1 amide bonds. The molecule has 0 aliphatic carbocycles. The molecule has 0 radical (unpaired) electrons. The summed E-state index contributed by atoms with van der Waals surface area (Å²) in [4.78, 5) is 12.0. The minimum absolute atomic E-state index is 0.0191. The predicted octanol–water partition coefficient (Wildman–Crippen LogP) is 3.83. The minimum Gasteiger partial charge on any atom is -0.346 e. The second-order valence-electron chi connectivity index (χ2n) is 4.11. The quantitative estimate of drug-likeness (QED) is 0.892. The van der Waals surface area contributed by atoms with Crippen LogP contribution in [0.4, 0.5) is 0 Å². The van der Waals surface area contributed by atoms with Gasteiger partial charge in [-0.25, -0.2) is 0 Å². The van der Waals surface area contributed by atoms with Crippen LogP contribution in [0, 0.1) is 0 Å². The molecule has 3 heteroatoms. The molecule has 0 fully saturated rings. The highest BCUT2D eigenvalue weighted by molar-refractivity contribution is 6.30. The molecule has 0 aliphatic heterocycles. The summed E-state index contributed by atoms with van der Waals surface area (Å²) < 4.78 is 0. The number of nitrogens with one attached hydrogen (secondary N) is 1. The molecular formula is C15H14ClNO. The highest BCUT2D eigenvalue weighted by Gasteiger charge is 2.10. The van der Waals surface area contributed by atoms with Crippen molar-refractivity contribution in [2.45, 2.75) is 13.0 Å². The largest absolute Gasteiger partial charge is 0.346 e. The van der Waals surface area contributed by atoms with Crippen molar-refractivity contribution < 1.29 is 4.79 Å². The smallest absolute Gasteiger partial charge is 0.251 e. The van der Waals surface area contributed by atoms with E-state index in [1.807, 2.05) is 37.3 Å². The molecule has 2 aromatic rings. The Morgan fingerprint density at radius 2 is 1.67 bits per heavy atom. The van der Waals surface area contributed by atoms with Gasteiger partial charge in [0.15, 0.2) is 0 Å². The van der Waals surface area contributed by atoms with Crippen molar-refractivity contribution in [1.82, 2.24) is 5.32 Å². The molecule has 0 aromatic heterocycles. The van der Waals surface area contributed by atoms with E-state index >= 15 is 0 Å². The lowest BCUT2D eigenvalue weighted by Crippen LogP contribution is -2.26. The van der Waals surface area contributed by atoms with Gasteiger partial charge in [0, 0.05) is 10.6 Å². The van der Waals surface area contributed by atoms with Gasteiger partial charge in [0.1, 0.15) is 0 Å². The average Bonchev–Trinajstić information content (AvgIpc) is 2.40. The average molecular weight is 260 g/mol. The molecule has 0 saturated carbocycles. The zero-order chi connectivity index (χ0) is 13.0. The summed E-state index contributed by atoms with van der Waals surface area (Å²) in [6.07, 6.45) is 0. The van der Waals surface area contributed by atoms with Crippen molar-refractivity contribution in [1.29, 1.82) is 0 Å². The summed E-state index contributed by atoms with van der Waals surface area (Å²) in [6.45, 7) is 1.96. The van der Waals surface area contributed by atoms with E-state index < -0.39 is 0 Å². The number of carbonyl (C=O) groups excluding carboxylic acids is 1. The summed E-state index contributed by atoms with van der Waals surface area (Å²) in [5.74, 6) is -0.0944. The van der Waals surface area contributed by atoms with E-state index in [0.717, 1.165) is 5.56 Å². The fraction of sp³-hybridized carbons (Fsp3) is 0.133. The molecule has 0 spiro atoms. The Hall–Kier alpha value is -1.80. The van der Waals surface area contributed by atoms with Crippen molar-refractivity contribution in [2.24, 2.45) is 0 Å². The minimum atomic E-state index is -0.0944. The van der Waals surface area contributed by atoms with E-state index in [0.29, 0.717) is 10.6 Å². The Morgan fingerprint density at radius 1 is 1.06 bits per heavy atom. The maximum Gasteiger partial charge on any atom is 0.251 e. The van der Waals surface area contributed by atoms with Crippen LogP contribution in [-0.4, -0.2) is 5.91 Å². The van der Waals surface area contributed by atoms with Gasteiger partial charge in [0.2, 0.25) is 0 Å². The Balaban J connectivity index is 2.06. The van der Waals surface area contributed by atoms with Crippen molar-refractivity contribution >= 4 is 17.5 Å². The van der Waals surface area contributed by atoms with Gasteiger partial charge < -0.3 is 5.32 Å². The number of benzene rings is 2. The predicted molar refractivity (Wildman–Crippen MR) is 73.8 cm³/mol. The first-order valence-corrected chi connectivity index (χ1v) is 6.16. The molecule has 1 N–H and O–H groups in total. The lowest BCUT2D eigenvalue weighted by molar-refractivity contribution is 0.0940. The lowest BCUT2D eigenvalue weighted by atomic mass is 10.1. The zero-order valence-electron chi connectivity index (χ0n) is 10.1. The van der Waals surface area contributed by atoms with Crippen LogP contribution in [0.25, 0.3) is 0 Å². The number of hydrogen-bond acceptors (Lipinski definition) is 1. The summed E-state index contributed by atoms with van der Waals surface area (Å²) in [6, 6.07) is 16.7. The monoisotopic (exact) mass is 259 g/mol. The third-order valence-corrected chi connectivity index (χ3v) is 3.01. The second-order valence-corrected chi connectivity index (χ2v) is 4.55. The van der Waals surface area contributed by atoms with Crippen LogP contribution < -0.4 is 5.32 Å². The molecule has 0 aliphatic rings. The molecule has 2 nitrogen and oxygen atoms in total. The highest BCUT2D eigenvalue weighted by atomic mass is 35.5. The van der Waals surface area contributed by atoms with E-state index in [-0.39, 0.29) is 11.9 Å². The van der Waals surface area contributed by atoms with Gasteiger partial charge in [-0.1, -0.05) is 41.9 Å². The van der Waals surface area contributed by atoms with E-state index in [1.165, 1.54) is 0 Å². The van der Waals surface area contributed by atoms with Crippen molar-refractivity contribution in [3.8, 4) is 0 Å². The van der Waals surface area contributed by atoms with Crippen LogP contribution in [0.5, 0.6) is 0 Å². The van der Waals surface area contributed by atoms with E-state index in [1.54, 1.807) is 24.3 Å². The van der Waals surface area contributed by atoms with Crippen LogP contribution in [0.1, 0.15) is 28.9 Å². The van der Waals surface area contributed by atoms with Gasteiger partial charge in [0.25, 0.3) is 5.91 Å². The lowest BCUT2D eigenvalue weighted by Gasteiger charge is -2.14. The molecule has 0 saturated heterocycles. The number of amides is 1. The van der Waals surface area contributed by atoms with Crippen molar-refractivity contribution in [3.05, 3.63) is 70.7 Å². The molecule has 0 bridgehead atoms.